The summed E-state index contributed by atoms with van der Waals surface area (Å²) in [5.74, 6) is -3.14. The topological polar surface area (TPSA) is 101 Å². The average Bonchev–Trinajstić information content (AvgIpc) is 2.41. The standard InChI is InChI=1S/C11H13F2N3O4S/c12-11(13)5-6-14-7-10(11)15-21(19,20)9-3-1-8(2-4-9)16(17)18/h1-4,10,14-15H,5-7H2. The zero-order chi connectivity index (χ0) is 15.7. The number of halogens is 2. The van der Waals surface area contributed by atoms with E-state index in [2.05, 4.69) is 5.32 Å². The predicted octanol–water partition coefficient (Wildman–Crippen LogP) is 0.870. The van der Waals surface area contributed by atoms with Crippen LogP contribution >= 0.6 is 0 Å². The van der Waals surface area contributed by atoms with E-state index in [1.54, 1.807) is 0 Å². The summed E-state index contributed by atoms with van der Waals surface area (Å²) in [6.45, 7) is -0.0675. The fourth-order valence-electron chi connectivity index (χ4n) is 1.96. The quantitative estimate of drug-likeness (QED) is 0.633. The van der Waals surface area contributed by atoms with Gasteiger partial charge in [0.15, 0.2) is 0 Å². The first kappa shape index (κ1) is 15.7. The van der Waals surface area contributed by atoms with Crippen LogP contribution in [0.5, 0.6) is 0 Å². The Kier molecular flexibility index (Phi) is 4.21. The van der Waals surface area contributed by atoms with Gasteiger partial charge in [-0.3, -0.25) is 10.1 Å². The predicted molar refractivity (Wildman–Crippen MR) is 69.6 cm³/mol. The van der Waals surface area contributed by atoms with Crippen LogP contribution in [0.3, 0.4) is 0 Å². The van der Waals surface area contributed by atoms with E-state index < -0.39 is 33.3 Å². The third-order valence-corrected chi connectivity index (χ3v) is 4.64. The number of sulfonamides is 1. The SMILES string of the molecule is O=[N+]([O-])c1ccc(S(=O)(=O)NC2CNCCC2(F)F)cc1. The summed E-state index contributed by atoms with van der Waals surface area (Å²) in [4.78, 5) is 9.52. The molecule has 7 nitrogen and oxygen atoms in total. The van der Waals surface area contributed by atoms with Crippen molar-refractivity contribution in [3.8, 4) is 0 Å². The molecule has 0 radical (unpaired) electrons. The van der Waals surface area contributed by atoms with E-state index in [0.717, 1.165) is 24.3 Å². The van der Waals surface area contributed by atoms with Gasteiger partial charge in [0.05, 0.1) is 15.9 Å². The van der Waals surface area contributed by atoms with Crippen LogP contribution in [-0.4, -0.2) is 38.4 Å². The van der Waals surface area contributed by atoms with E-state index in [-0.39, 0.29) is 23.7 Å². The monoisotopic (exact) mass is 321 g/mol. The van der Waals surface area contributed by atoms with Crippen LogP contribution in [0.25, 0.3) is 0 Å². The molecule has 2 N–H and O–H groups in total. The van der Waals surface area contributed by atoms with Crippen molar-refractivity contribution in [2.75, 3.05) is 13.1 Å². The summed E-state index contributed by atoms with van der Waals surface area (Å²) in [6.07, 6.45) is -0.458. The molecule has 21 heavy (non-hydrogen) atoms. The first-order chi connectivity index (χ1) is 9.72. The molecule has 1 fully saturated rings. The summed E-state index contributed by atoms with van der Waals surface area (Å²) < 4.78 is 53.3. The minimum atomic E-state index is -4.17. The second-order valence-electron chi connectivity index (χ2n) is 4.64. The highest BCUT2D eigenvalue weighted by Gasteiger charge is 2.43. The molecule has 1 saturated heterocycles. The number of nitro groups is 1. The van der Waals surface area contributed by atoms with E-state index >= 15 is 0 Å². The van der Waals surface area contributed by atoms with Crippen molar-refractivity contribution in [3.05, 3.63) is 34.4 Å². The summed E-state index contributed by atoms with van der Waals surface area (Å²) in [5.41, 5.74) is -0.279. The molecule has 2 rings (SSSR count). The van der Waals surface area contributed by atoms with Gasteiger partial charge in [0.1, 0.15) is 0 Å². The minimum absolute atomic E-state index is 0.114. The highest BCUT2D eigenvalue weighted by atomic mass is 32.2. The van der Waals surface area contributed by atoms with E-state index in [1.165, 1.54) is 0 Å². The number of alkyl halides is 2. The Morgan fingerprint density at radius 3 is 2.48 bits per heavy atom. The maximum absolute atomic E-state index is 13.6. The van der Waals surface area contributed by atoms with Crippen LogP contribution < -0.4 is 10.0 Å². The average molecular weight is 321 g/mol. The van der Waals surface area contributed by atoms with Crippen molar-refractivity contribution < 1.29 is 22.1 Å². The number of benzene rings is 1. The Morgan fingerprint density at radius 2 is 1.95 bits per heavy atom. The lowest BCUT2D eigenvalue weighted by molar-refractivity contribution is -0.384. The van der Waals surface area contributed by atoms with Gasteiger partial charge in [-0.05, 0) is 12.1 Å². The van der Waals surface area contributed by atoms with Crippen LogP contribution in [-0.2, 0) is 10.0 Å². The molecule has 0 spiro atoms. The van der Waals surface area contributed by atoms with Gasteiger partial charge in [-0.25, -0.2) is 21.9 Å². The highest BCUT2D eigenvalue weighted by molar-refractivity contribution is 7.89. The molecule has 0 bridgehead atoms. The number of nitrogens with zero attached hydrogens (tertiary/aromatic N) is 1. The first-order valence-electron chi connectivity index (χ1n) is 6.08. The number of hydrogen-bond acceptors (Lipinski definition) is 5. The first-order valence-corrected chi connectivity index (χ1v) is 7.56. The summed E-state index contributed by atoms with van der Waals surface area (Å²) in [5, 5.41) is 13.2. The Bertz CT molecular complexity index is 633. The Balaban J connectivity index is 2.20. The van der Waals surface area contributed by atoms with Gasteiger partial charge in [0.25, 0.3) is 11.6 Å². The van der Waals surface area contributed by atoms with Crippen molar-refractivity contribution in [3.63, 3.8) is 0 Å². The van der Waals surface area contributed by atoms with Crippen LogP contribution in [0.2, 0.25) is 0 Å². The molecular formula is C11H13F2N3O4S. The third kappa shape index (κ3) is 3.52. The normalized spacial score (nSPS) is 21.9. The van der Waals surface area contributed by atoms with Crippen LogP contribution in [0.4, 0.5) is 14.5 Å². The molecule has 1 aliphatic rings. The Morgan fingerprint density at radius 1 is 1.33 bits per heavy atom. The highest BCUT2D eigenvalue weighted by Crippen LogP contribution is 2.26. The van der Waals surface area contributed by atoms with Gasteiger partial charge < -0.3 is 5.32 Å². The van der Waals surface area contributed by atoms with Gasteiger partial charge in [0, 0.05) is 31.6 Å². The second kappa shape index (κ2) is 5.62. The van der Waals surface area contributed by atoms with Gasteiger partial charge in [-0.15, -0.1) is 0 Å². The molecule has 0 aromatic heterocycles. The minimum Gasteiger partial charge on any atom is -0.315 e. The molecule has 0 saturated carbocycles. The van der Waals surface area contributed by atoms with Gasteiger partial charge in [-0.2, -0.15) is 0 Å². The Labute approximate surface area is 119 Å². The lowest BCUT2D eigenvalue weighted by Crippen LogP contribution is -2.57. The third-order valence-electron chi connectivity index (χ3n) is 3.15. The van der Waals surface area contributed by atoms with Crippen LogP contribution in [0.1, 0.15) is 6.42 Å². The van der Waals surface area contributed by atoms with Crippen molar-refractivity contribution in [1.82, 2.24) is 10.0 Å². The number of rotatable bonds is 4. The van der Waals surface area contributed by atoms with Crippen molar-refractivity contribution in [2.45, 2.75) is 23.3 Å². The summed E-state index contributed by atoms with van der Waals surface area (Å²) in [6, 6.07) is 2.48. The fraction of sp³-hybridized carbons (Fsp3) is 0.455. The molecule has 116 valence electrons. The zero-order valence-electron chi connectivity index (χ0n) is 10.8. The van der Waals surface area contributed by atoms with E-state index in [4.69, 9.17) is 0 Å². The number of nitro benzene ring substituents is 1. The lowest BCUT2D eigenvalue weighted by Gasteiger charge is -2.32. The molecule has 1 aliphatic heterocycles. The fourth-order valence-corrected chi connectivity index (χ4v) is 3.22. The maximum atomic E-state index is 13.6. The van der Waals surface area contributed by atoms with Crippen molar-refractivity contribution >= 4 is 15.7 Å². The molecule has 1 atom stereocenters. The molecular weight excluding hydrogens is 308 g/mol. The van der Waals surface area contributed by atoms with Crippen LogP contribution in [0, 0.1) is 10.1 Å². The molecule has 1 aromatic rings. The van der Waals surface area contributed by atoms with E-state index in [1.807, 2.05) is 4.72 Å². The number of nitrogens with one attached hydrogen (secondary N) is 2. The Hall–Kier alpha value is -1.65. The number of piperidine rings is 1. The number of non-ortho nitro benzene ring substituents is 1. The molecule has 0 amide bonds. The van der Waals surface area contributed by atoms with Crippen LogP contribution in [0.15, 0.2) is 29.2 Å². The molecule has 1 aromatic carbocycles. The summed E-state index contributed by atoms with van der Waals surface area (Å²) >= 11 is 0. The van der Waals surface area contributed by atoms with Gasteiger partial charge in [-0.1, -0.05) is 0 Å². The van der Waals surface area contributed by atoms with E-state index in [9.17, 15) is 27.3 Å². The van der Waals surface area contributed by atoms with Crippen molar-refractivity contribution in [1.29, 1.82) is 0 Å². The van der Waals surface area contributed by atoms with Gasteiger partial charge >= 0.3 is 0 Å². The molecule has 10 heteroatoms. The largest absolute Gasteiger partial charge is 0.315 e. The maximum Gasteiger partial charge on any atom is 0.269 e. The smallest absolute Gasteiger partial charge is 0.269 e. The van der Waals surface area contributed by atoms with Gasteiger partial charge in [0.2, 0.25) is 10.0 Å². The second-order valence-corrected chi connectivity index (χ2v) is 6.35. The van der Waals surface area contributed by atoms with E-state index in [0.29, 0.717) is 0 Å². The molecule has 1 unspecified atom stereocenters. The zero-order valence-corrected chi connectivity index (χ0v) is 11.6. The number of hydrogen-bond donors (Lipinski definition) is 2. The van der Waals surface area contributed by atoms with Crippen molar-refractivity contribution in [2.24, 2.45) is 0 Å². The molecule has 1 heterocycles. The molecule has 0 aliphatic carbocycles. The lowest BCUT2D eigenvalue weighted by atomic mass is 10.0. The summed E-state index contributed by atoms with van der Waals surface area (Å²) in [7, 11) is -4.17.